The van der Waals surface area contributed by atoms with Crippen LogP contribution in [0, 0.1) is 0 Å². The average molecular weight is 284 g/mol. The fourth-order valence-corrected chi connectivity index (χ4v) is 2.52. The molecule has 2 N–H and O–H groups in total. The summed E-state index contributed by atoms with van der Waals surface area (Å²) in [6, 6.07) is 16.8. The molecule has 0 saturated carbocycles. The maximum absolute atomic E-state index is 5.99. The molecule has 0 heterocycles. The van der Waals surface area contributed by atoms with Crippen LogP contribution in [0.25, 0.3) is 0 Å². The zero-order valence-electron chi connectivity index (χ0n) is 13.0. The maximum Gasteiger partial charge on any atom is 0.122 e. The SMILES string of the molecule is COc1ccccc1CC(CN)c1ccc(N(C)C)cc1. The minimum atomic E-state index is 0.303. The first-order valence-corrected chi connectivity index (χ1v) is 7.25. The van der Waals surface area contributed by atoms with Gasteiger partial charge in [0.1, 0.15) is 5.75 Å². The van der Waals surface area contributed by atoms with Crippen molar-refractivity contribution in [1.82, 2.24) is 0 Å². The summed E-state index contributed by atoms with van der Waals surface area (Å²) in [6.07, 6.45) is 0.891. The number of hydrogen-bond acceptors (Lipinski definition) is 3. The zero-order chi connectivity index (χ0) is 15.2. The fourth-order valence-electron chi connectivity index (χ4n) is 2.52. The third-order valence-electron chi connectivity index (χ3n) is 3.82. The van der Waals surface area contributed by atoms with E-state index in [9.17, 15) is 0 Å². The number of nitrogens with zero attached hydrogens (tertiary/aromatic N) is 1. The van der Waals surface area contributed by atoms with E-state index in [2.05, 4.69) is 35.2 Å². The molecule has 1 unspecified atom stereocenters. The van der Waals surface area contributed by atoms with Gasteiger partial charge in [0.15, 0.2) is 0 Å². The standard InChI is InChI=1S/C18H24N2O/c1-20(2)17-10-8-14(9-11-17)16(13-19)12-15-6-4-5-7-18(15)21-3/h4-11,16H,12-13,19H2,1-3H3. The number of hydrogen-bond donors (Lipinski definition) is 1. The molecule has 0 aliphatic carbocycles. The Morgan fingerprint density at radius 1 is 1.05 bits per heavy atom. The van der Waals surface area contributed by atoms with Gasteiger partial charge in [0.25, 0.3) is 0 Å². The van der Waals surface area contributed by atoms with E-state index in [-0.39, 0.29) is 0 Å². The van der Waals surface area contributed by atoms with Gasteiger partial charge in [0, 0.05) is 25.7 Å². The molecule has 2 aromatic carbocycles. The molecule has 112 valence electrons. The maximum atomic E-state index is 5.99. The van der Waals surface area contributed by atoms with Crippen molar-refractivity contribution in [3.63, 3.8) is 0 Å². The molecule has 3 heteroatoms. The van der Waals surface area contributed by atoms with E-state index in [1.807, 2.05) is 32.3 Å². The molecule has 3 nitrogen and oxygen atoms in total. The van der Waals surface area contributed by atoms with Gasteiger partial charge in [-0.3, -0.25) is 0 Å². The summed E-state index contributed by atoms with van der Waals surface area (Å²) in [5, 5.41) is 0. The third-order valence-corrected chi connectivity index (χ3v) is 3.82. The lowest BCUT2D eigenvalue weighted by molar-refractivity contribution is 0.408. The van der Waals surface area contributed by atoms with Gasteiger partial charge in [-0.2, -0.15) is 0 Å². The number of para-hydroxylation sites is 1. The molecule has 0 aliphatic rings. The smallest absolute Gasteiger partial charge is 0.122 e. The summed E-state index contributed by atoms with van der Waals surface area (Å²) in [6.45, 7) is 0.624. The Kier molecular flexibility index (Phi) is 5.23. The van der Waals surface area contributed by atoms with Gasteiger partial charge < -0.3 is 15.4 Å². The topological polar surface area (TPSA) is 38.5 Å². The number of rotatable bonds is 6. The Morgan fingerprint density at radius 3 is 2.29 bits per heavy atom. The second-order valence-electron chi connectivity index (χ2n) is 5.43. The van der Waals surface area contributed by atoms with E-state index >= 15 is 0 Å². The molecule has 0 saturated heterocycles. The van der Waals surface area contributed by atoms with Gasteiger partial charge in [-0.25, -0.2) is 0 Å². The Morgan fingerprint density at radius 2 is 1.71 bits per heavy atom. The molecule has 0 fully saturated rings. The Bertz CT molecular complexity index is 564. The Balaban J connectivity index is 2.19. The summed E-state index contributed by atoms with van der Waals surface area (Å²) in [7, 11) is 5.80. The van der Waals surface area contributed by atoms with E-state index in [4.69, 9.17) is 10.5 Å². The van der Waals surface area contributed by atoms with Crippen LogP contribution in [-0.4, -0.2) is 27.7 Å². The van der Waals surface area contributed by atoms with Crippen LogP contribution in [0.1, 0.15) is 17.0 Å². The molecule has 0 aromatic heterocycles. The minimum Gasteiger partial charge on any atom is -0.496 e. The monoisotopic (exact) mass is 284 g/mol. The van der Waals surface area contributed by atoms with Crippen molar-refractivity contribution in [1.29, 1.82) is 0 Å². The van der Waals surface area contributed by atoms with Crippen molar-refractivity contribution in [2.45, 2.75) is 12.3 Å². The van der Waals surface area contributed by atoms with E-state index in [0.717, 1.165) is 12.2 Å². The van der Waals surface area contributed by atoms with Crippen molar-refractivity contribution in [2.75, 3.05) is 32.6 Å². The lowest BCUT2D eigenvalue weighted by Gasteiger charge is -2.19. The van der Waals surface area contributed by atoms with Crippen LogP contribution < -0.4 is 15.4 Å². The third kappa shape index (κ3) is 3.76. The fraction of sp³-hybridized carbons (Fsp3) is 0.333. The van der Waals surface area contributed by atoms with Gasteiger partial charge in [-0.05, 0) is 42.3 Å². The first-order valence-electron chi connectivity index (χ1n) is 7.25. The largest absolute Gasteiger partial charge is 0.496 e. The molecule has 0 bridgehead atoms. The van der Waals surface area contributed by atoms with E-state index in [1.54, 1.807) is 7.11 Å². The van der Waals surface area contributed by atoms with Crippen molar-refractivity contribution >= 4 is 5.69 Å². The highest BCUT2D eigenvalue weighted by molar-refractivity contribution is 5.47. The lowest BCUT2D eigenvalue weighted by Crippen LogP contribution is -2.16. The molecular weight excluding hydrogens is 260 g/mol. The number of nitrogens with two attached hydrogens (primary N) is 1. The number of methoxy groups -OCH3 is 1. The predicted molar refractivity (Wildman–Crippen MR) is 89.3 cm³/mol. The quantitative estimate of drug-likeness (QED) is 0.886. The molecule has 0 amide bonds. The normalized spacial score (nSPS) is 12.0. The van der Waals surface area contributed by atoms with Gasteiger partial charge >= 0.3 is 0 Å². The average Bonchev–Trinajstić information content (AvgIpc) is 2.53. The summed E-state index contributed by atoms with van der Waals surface area (Å²) >= 11 is 0. The van der Waals surface area contributed by atoms with Gasteiger partial charge in [-0.1, -0.05) is 30.3 Å². The first kappa shape index (κ1) is 15.4. The molecule has 2 rings (SSSR count). The van der Waals surface area contributed by atoms with Gasteiger partial charge in [0.05, 0.1) is 7.11 Å². The second-order valence-corrected chi connectivity index (χ2v) is 5.43. The molecule has 0 radical (unpaired) electrons. The van der Waals surface area contributed by atoms with Crippen molar-refractivity contribution < 1.29 is 4.74 Å². The van der Waals surface area contributed by atoms with Crippen LogP contribution in [0.15, 0.2) is 48.5 Å². The first-order chi connectivity index (χ1) is 10.2. The van der Waals surface area contributed by atoms with Crippen LogP contribution in [0.4, 0.5) is 5.69 Å². The summed E-state index contributed by atoms with van der Waals surface area (Å²) in [5.74, 6) is 1.23. The number of ether oxygens (including phenoxy) is 1. The van der Waals surface area contributed by atoms with Crippen LogP contribution in [-0.2, 0) is 6.42 Å². The molecule has 0 aliphatic heterocycles. The lowest BCUT2D eigenvalue weighted by atomic mass is 9.91. The van der Waals surface area contributed by atoms with Crippen LogP contribution >= 0.6 is 0 Å². The van der Waals surface area contributed by atoms with Crippen molar-refractivity contribution in [3.05, 3.63) is 59.7 Å². The minimum absolute atomic E-state index is 0.303. The van der Waals surface area contributed by atoms with Gasteiger partial charge in [0.2, 0.25) is 0 Å². The van der Waals surface area contributed by atoms with Crippen molar-refractivity contribution in [3.8, 4) is 5.75 Å². The number of benzene rings is 2. The van der Waals surface area contributed by atoms with E-state index in [1.165, 1.54) is 16.8 Å². The highest BCUT2D eigenvalue weighted by Gasteiger charge is 2.13. The highest BCUT2D eigenvalue weighted by Crippen LogP contribution is 2.27. The second kappa shape index (κ2) is 7.14. The summed E-state index contributed by atoms with van der Waals surface area (Å²) in [5.41, 5.74) is 9.66. The molecular formula is C18H24N2O. The Hall–Kier alpha value is -2.00. The van der Waals surface area contributed by atoms with Crippen LogP contribution in [0.5, 0.6) is 5.75 Å². The van der Waals surface area contributed by atoms with Crippen LogP contribution in [0.3, 0.4) is 0 Å². The highest BCUT2D eigenvalue weighted by atomic mass is 16.5. The number of anilines is 1. The Labute approximate surface area is 127 Å². The van der Waals surface area contributed by atoms with Gasteiger partial charge in [-0.15, -0.1) is 0 Å². The molecule has 2 aromatic rings. The zero-order valence-corrected chi connectivity index (χ0v) is 13.0. The van der Waals surface area contributed by atoms with Crippen molar-refractivity contribution in [2.24, 2.45) is 5.73 Å². The summed E-state index contributed by atoms with van der Waals surface area (Å²) < 4.78 is 5.43. The van der Waals surface area contributed by atoms with E-state index < -0.39 is 0 Å². The van der Waals surface area contributed by atoms with E-state index in [0.29, 0.717) is 12.5 Å². The molecule has 0 spiro atoms. The predicted octanol–water partition coefficient (Wildman–Crippen LogP) is 3.05. The molecule has 21 heavy (non-hydrogen) atoms. The van der Waals surface area contributed by atoms with Crippen LogP contribution in [0.2, 0.25) is 0 Å². The summed E-state index contributed by atoms with van der Waals surface area (Å²) in [4.78, 5) is 2.10. The molecule has 1 atom stereocenters.